The first kappa shape index (κ1) is 14.1. The van der Waals surface area contributed by atoms with Crippen LogP contribution in [0.25, 0.3) is 0 Å². The van der Waals surface area contributed by atoms with E-state index >= 15 is 0 Å². The minimum Gasteiger partial charge on any atom is -0.224 e. The molecule has 7 heteroatoms. The molecule has 0 aromatic heterocycles. The number of hydrogen-bond donors (Lipinski definition) is 0. The third-order valence-electron chi connectivity index (χ3n) is 1.11. The Morgan fingerprint density at radius 2 is 1.64 bits per heavy atom. The number of halogens is 3. The van der Waals surface area contributed by atoms with Crippen molar-refractivity contribution in [3.8, 4) is 0 Å². The molecule has 1 aromatic carbocycles. The molecule has 0 fully saturated rings. The van der Waals surface area contributed by atoms with Crippen LogP contribution in [0.4, 0.5) is 13.2 Å². The molecule has 0 spiro atoms. The van der Waals surface area contributed by atoms with Crippen molar-refractivity contribution in [3.63, 3.8) is 0 Å². The molecule has 73 valence electrons. The quantitative estimate of drug-likeness (QED) is 0.729. The second-order valence-corrected chi connectivity index (χ2v) is 3.18. The van der Waals surface area contributed by atoms with Gasteiger partial charge in [-0.1, -0.05) is 18.2 Å². The fraction of sp³-hybridized carbons (Fsp3) is 0.143. The Morgan fingerprint density at radius 1 is 1.14 bits per heavy atom. The zero-order valence-electron chi connectivity index (χ0n) is 7.25. The van der Waals surface area contributed by atoms with Gasteiger partial charge in [0, 0.05) is 29.6 Å². The van der Waals surface area contributed by atoms with Crippen LogP contribution in [0, 0.1) is 0 Å². The predicted octanol–water partition coefficient (Wildman–Crippen LogP) is 1.86. The van der Waals surface area contributed by atoms with Crippen LogP contribution in [0.5, 0.6) is 0 Å². The third-order valence-corrected chi connectivity index (χ3v) is 2.10. The van der Waals surface area contributed by atoms with E-state index in [1.807, 2.05) is 0 Å². The Kier molecular flexibility index (Phi) is 5.92. The number of hydrogen-bond acceptors (Lipinski definition) is 2. The summed E-state index contributed by atoms with van der Waals surface area (Å²) >= 11 is -2.48. The van der Waals surface area contributed by atoms with Crippen molar-refractivity contribution < 1.29 is 21.6 Å². The second kappa shape index (κ2) is 5.87. The van der Waals surface area contributed by atoms with Gasteiger partial charge in [-0.3, -0.25) is 0 Å². The van der Waals surface area contributed by atoms with E-state index < -0.39 is 17.4 Å². The van der Waals surface area contributed by atoms with Crippen LogP contribution in [0.15, 0.2) is 35.2 Å². The summed E-state index contributed by atoms with van der Waals surface area (Å²) in [7, 11) is 0. The van der Waals surface area contributed by atoms with Crippen molar-refractivity contribution in [2.75, 3.05) is 0 Å². The summed E-state index contributed by atoms with van der Waals surface area (Å²) in [5.74, 6) is 0. The Bertz CT molecular complexity index is 302. The van der Waals surface area contributed by atoms with Crippen LogP contribution < -0.4 is 0 Å². The molecule has 0 saturated heterocycles. The average Bonchev–Trinajstić information content (AvgIpc) is 2.03. The summed E-state index contributed by atoms with van der Waals surface area (Å²) in [5, 5.41) is 0. The van der Waals surface area contributed by atoms with E-state index in [1.54, 1.807) is 6.07 Å². The molecule has 0 amide bonds. The fourth-order valence-corrected chi connectivity index (χ4v) is 1.31. The molecule has 0 heterocycles. The van der Waals surface area contributed by atoms with Crippen molar-refractivity contribution in [2.24, 2.45) is 0 Å². The van der Waals surface area contributed by atoms with Gasteiger partial charge in [-0.15, -0.1) is 13.2 Å². The second-order valence-electron chi connectivity index (χ2n) is 2.08. The summed E-state index contributed by atoms with van der Waals surface area (Å²) in [6.45, 7) is 0. The molecule has 14 heavy (non-hydrogen) atoms. The van der Waals surface area contributed by atoms with Crippen molar-refractivity contribution in [1.82, 2.24) is 0 Å². The first-order valence-corrected chi connectivity index (χ1v) is 4.29. The van der Waals surface area contributed by atoms with E-state index in [0.29, 0.717) is 0 Å². The molecule has 1 radical (unpaired) electrons. The van der Waals surface area contributed by atoms with E-state index in [-0.39, 0.29) is 34.5 Å². The van der Waals surface area contributed by atoms with Crippen LogP contribution >= 0.6 is 0 Å². The van der Waals surface area contributed by atoms with Gasteiger partial charge in [0.15, 0.2) is 11.1 Å². The maximum absolute atomic E-state index is 11.6. The molecule has 0 saturated carbocycles. The first-order chi connectivity index (χ1) is 5.99. The van der Waals surface area contributed by atoms with Gasteiger partial charge in [0.2, 0.25) is 0 Å². The van der Waals surface area contributed by atoms with E-state index in [4.69, 9.17) is 0 Å². The van der Waals surface area contributed by atoms with E-state index in [2.05, 4.69) is 4.18 Å². The average molecular weight is 233 g/mol. The summed E-state index contributed by atoms with van der Waals surface area (Å²) in [6, 6.07) is 7.15. The van der Waals surface area contributed by atoms with Crippen molar-refractivity contribution in [1.29, 1.82) is 0 Å². The zero-order chi connectivity index (χ0) is 9.90. The normalized spacial score (nSPS) is 13.1. The van der Waals surface area contributed by atoms with Gasteiger partial charge in [0.1, 0.15) is 0 Å². The minimum absolute atomic E-state index is 0. The molecule has 2 nitrogen and oxygen atoms in total. The number of benzene rings is 1. The van der Waals surface area contributed by atoms with Gasteiger partial charge < -0.3 is 0 Å². The number of alkyl halides is 3. The van der Waals surface area contributed by atoms with Crippen LogP contribution in [-0.2, 0) is 15.3 Å². The third kappa shape index (κ3) is 5.11. The Hall–Kier alpha value is 0.120. The molecular weight excluding hydrogens is 228 g/mol. The zero-order valence-corrected chi connectivity index (χ0v) is 10.1. The van der Waals surface area contributed by atoms with E-state index in [0.717, 1.165) is 0 Å². The standard InChI is InChI=1S/C7H5F3O2S.Na/c8-7(9,10)12-13(11)6-4-2-1-3-5-6;/h1-5H;. The maximum atomic E-state index is 11.6. The SMILES string of the molecule is O=S(OC(F)(F)F)c1ccccc1.[Na]. The molecule has 0 bridgehead atoms. The fourth-order valence-electron chi connectivity index (χ4n) is 0.666. The van der Waals surface area contributed by atoms with Crippen LogP contribution in [-0.4, -0.2) is 40.1 Å². The summed E-state index contributed by atoms with van der Waals surface area (Å²) in [4.78, 5) is -0.0141. The summed E-state index contributed by atoms with van der Waals surface area (Å²) in [5.41, 5.74) is 0. The molecule has 0 aliphatic heterocycles. The van der Waals surface area contributed by atoms with Gasteiger partial charge >= 0.3 is 6.36 Å². The van der Waals surface area contributed by atoms with Crippen molar-refractivity contribution in [3.05, 3.63) is 30.3 Å². The van der Waals surface area contributed by atoms with E-state index in [9.17, 15) is 17.4 Å². The van der Waals surface area contributed by atoms with Gasteiger partial charge in [-0.05, 0) is 12.1 Å². The number of rotatable bonds is 2. The molecular formula is C7H5F3NaO2S. The van der Waals surface area contributed by atoms with Crippen molar-refractivity contribution >= 4 is 40.6 Å². The topological polar surface area (TPSA) is 26.3 Å². The molecule has 1 rings (SSSR count). The summed E-state index contributed by atoms with van der Waals surface area (Å²) in [6.07, 6.45) is -4.87. The molecule has 0 aliphatic rings. The van der Waals surface area contributed by atoms with Gasteiger partial charge in [-0.2, -0.15) is 4.18 Å². The van der Waals surface area contributed by atoms with Crippen molar-refractivity contribution in [2.45, 2.75) is 11.3 Å². The molecule has 0 aliphatic carbocycles. The Morgan fingerprint density at radius 3 is 2.07 bits per heavy atom. The van der Waals surface area contributed by atoms with Crippen LogP contribution in [0.3, 0.4) is 0 Å². The first-order valence-electron chi connectivity index (χ1n) is 3.22. The van der Waals surface area contributed by atoms with Gasteiger partial charge in [-0.25, -0.2) is 4.21 Å². The smallest absolute Gasteiger partial charge is 0.224 e. The Balaban J connectivity index is 0.00000169. The largest absolute Gasteiger partial charge is 0.535 e. The minimum atomic E-state index is -4.87. The molecule has 1 aromatic rings. The van der Waals surface area contributed by atoms with Gasteiger partial charge in [0.05, 0.1) is 4.90 Å². The molecule has 1 atom stereocenters. The predicted molar refractivity (Wildman–Crippen MR) is 45.7 cm³/mol. The Labute approximate surface area is 103 Å². The monoisotopic (exact) mass is 233 g/mol. The molecule has 1 unspecified atom stereocenters. The van der Waals surface area contributed by atoms with Gasteiger partial charge in [0.25, 0.3) is 0 Å². The summed E-state index contributed by atoms with van der Waals surface area (Å²) < 4.78 is 48.9. The maximum Gasteiger partial charge on any atom is 0.535 e. The van der Waals surface area contributed by atoms with Crippen LogP contribution in [0.1, 0.15) is 0 Å². The van der Waals surface area contributed by atoms with Crippen LogP contribution in [0.2, 0.25) is 0 Å². The van der Waals surface area contributed by atoms with E-state index in [1.165, 1.54) is 24.3 Å². The molecule has 0 N–H and O–H groups in total.